The summed E-state index contributed by atoms with van der Waals surface area (Å²) in [6.45, 7) is 0. The van der Waals surface area contributed by atoms with Gasteiger partial charge >= 0.3 is 5.97 Å². The summed E-state index contributed by atoms with van der Waals surface area (Å²) in [6, 6.07) is 0. The molecule has 0 aromatic carbocycles. The summed E-state index contributed by atoms with van der Waals surface area (Å²) in [7, 11) is 0. The molecule has 12 heavy (non-hydrogen) atoms. The third kappa shape index (κ3) is 1.96. The summed E-state index contributed by atoms with van der Waals surface area (Å²) in [5.74, 6) is -1.08. The van der Waals surface area contributed by atoms with Crippen LogP contribution < -0.4 is 5.73 Å². The molecule has 0 radical (unpaired) electrons. The molecule has 0 unspecified atom stereocenters. The van der Waals surface area contributed by atoms with Crippen molar-refractivity contribution < 1.29 is 14.7 Å². The van der Waals surface area contributed by atoms with Crippen LogP contribution in [0.3, 0.4) is 0 Å². The van der Waals surface area contributed by atoms with Crippen molar-refractivity contribution in [2.24, 2.45) is 11.1 Å². The number of nitrogens with two attached hydrogens (primary N) is 1. The lowest BCUT2D eigenvalue weighted by Gasteiger charge is -2.06. The fourth-order valence-corrected chi connectivity index (χ4v) is 1.32. The van der Waals surface area contributed by atoms with Crippen molar-refractivity contribution in [3.05, 3.63) is 0 Å². The van der Waals surface area contributed by atoms with Crippen molar-refractivity contribution in [3.8, 4) is 0 Å². The van der Waals surface area contributed by atoms with E-state index in [0.717, 1.165) is 12.8 Å². The van der Waals surface area contributed by atoms with Gasteiger partial charge in [0.2, 0.25) is 5.91 Å². The Morgan fingerprint density at radius 2 is 2.00 bits per heavy atom. The molecule has 1 amide bonds. The predicted octanol–water partition coefficient (Wildman–Crippen LogP) is 0.507. The van der Waals surface area contributed by atoms with E-state index in [2.05, 4.69) is 0 Å². The van der Waals surface area contributed by atoms with E-state index < -0.39 is 11.4 Å². The number of carboxylic acids is 1. The highest BCUT2D eigenvalue weighted by Crippen LogP contribution is 2.49. The molecule has 1 aliphatic carbocycles. The van der Waals surface area contributed by atoms with Crippen molar-refractivity contribution >= 4 is 11.9 Å². The fourth-order valence-electron chi connectivity index (χ4n) is 1.32. The quantitative estimate of drug-likeness (QED) is 0.632. The molecule has 68 valence electrons. The van der Waals surface area contributed by atoms with E-state index in [1.54, 1.807) is 0 Å². The molecule has 0 aromatic heterocycles. The minimum atomic E-state index is -0.730. The van der Waals surface area contributed by atoms with Gasteiger partial charge < -0.3 is 10.8 Å². The molecular weight excluding hydrogens is 158 g/mol. The van der Waals surface area contributed by atoms with Gasteiger partial charge in [-0.15, -0.1) is 0 Å². The molecule has 1 saturated carbocycles. The summed E-state index contributed by atoms with van der Waals surface area (Å²) in [5.41, 5.74) is 4.43. The summed E-state index contributed by atoms with van der Waals surface area (Å²) in [6.07, 6.45) is 2.99. The summed E-state index contributed by atoms with van der Waals surface area (Å²) in [4.78, 5) is 21.0. The second-order valence-corrected chi connectivity index (χ2v) is 3.41. The van der Waals surface area contributed by atoms with Crippen molar-refractivity contribution in [1.82, 2.24) is 0 Å². The van der Waals surface area contributed by atoms with Crippen LogP contribution in [0.1, 0.15) is 32.1 Å². The number of rotatable bonds is 5. The normalized spacial score (nSPS) is 18.7. The molecule has 4 heteroatoms. The van der Waals surface area contributed by atoms with Gasteiger partial charge in [-0.2, -0.15) is 0 Å². The molecule has 1 fully saturated rings. The SMILES string of the molecule is NC(=O)CCCC1(C(=O)O)CC1. The van der Waals surface area contributed by atoms with Gasteiger partial charge in [-0.05, 0) is 25.7 Å². The van der Waals surface area contributed by atoms with Crippen LogP contribution in [0.4, 0.5) is 0 Å². The largest absolute Gasteiger partial charge is 0.481 e. The minimum absolute atomic E-state index is 0.301. The monoisotopic (exact) mass is 171 g/mol. The Kier molecular flexibility index (Phi) is 2.35. The Morgan fingerprint density at radius 1 is 1.42 bits per heavy atom. The zero-order valence-corrected chi connectivity index (χ0v) is 6.88. The van der Waals surface area contributed by atoms with Crippen LogP contribution in [-0.4, -0.2) is 17.0 Å². The molecule has 1 aliphatic rings. The van der Waals surface area contributed by atoms with Gasteiger partial charge in [-0.3, -0.25) is 9.59 Å². The topological polar surface area (TPSA) is 80.4 Å². The van der Waals surface area contributed by atoms with Gasteiger partial charge in [0.05, 0.1) is 5.41 Å². The van der Waals surface area contributed by atoms with E-state index in [9.17, 15) is 9.59 Å². The Morgan fingerprint density at radius 3 is 2.33 bits per heavy atom. The van der Waals surface area contributed by atoms with Crippen LogP contribution in [0.25, 0.3) is 0 Å². The number of carbonyl (C=O) groups excluding carboxylic acids is 1. The number of aliphatic carboxylic acids is 1. The van der Waals surface area contributed by atoms with Gasteiger partial charge in [0.1, 0.15) is 0 Å². The maximum absolute atomic E-state index is 10.6. The second-order valence-electron chi connectivity index (χ2n) is 3.41. The van der Waals surface area contributed by atoms with Crippen molar-refractivity contribution in [1.29, 1.82) is 0 Å². The molecule has 0 atom stereocenters. The third-order valence-electron chi connectivity index (χ3n) is 2.39. The summed E-state index contributed by atoms with van der Waals surface area (Å²) >= 11 is 0. The number of hydrogen-bond acceptors (Lipinski definition) is 2. The highest BCUT2D eigenvalue weighted by atomic mass is 16.4. The number of hydrogen-bond donors (Lipinski definition) is 2. The van der Waals surface area contributed by atoms with E-state index in [1.165, 1.54) is 0 Å². The average molecular weight is 171 g/mol. The molecule has 3 N–H and O–H groups in total. The first-order valence-corrected chi connectivity index (χ1v) is 4.08. The highest BCUT2D eigenvalue weighted by Gasteiger charge is 2.49. The molecule has 0 aliphatic heterocycles. The van der Waals surface area contributed by atoms with Crippen molar-refractivity contribution in [3.63, 3.8) is 0 Å². The lowest BCUT2D eigenvalue weighted by molar-refractivity contribution is -0.143. The Balaban J connectivity index is 2.23. The first kappa shape index (κ1) is 9.03. The number of amides is 1. The standard InChI is InChI=1S/C8H13NO3/c9-6(10)2-1-3-8(4-5-8)7(11)12/h1-5H2,(H2,9,10)(H,11,12). The Hall–Kier alpha value is -1.06. The van der Waals surface area contributed by atoms with Crippen LogP contribution in [0.2, 0.25) is 0 Å². The van der Waals surface area contributed by atoms with E-state index in [0.29, 0.717) is 19.3 Å². The molecule has 4 nitrogen and oxygen atoms in total. The van der Waals surface area contributed by atoms with Crippen molar-refractivity contribution in [2.45, 2.75) is 32.1 Å². The zero-order chi connectivity index (χ0) is 9.19. The second kappa shape index (κ2) is 3.13. The smallest absolute Gasteiger partial charge is 0.309 e. The first-order valence-electron chi connectivity index (χ1n) is 4.08. The maximum atomic E-state index is 10.6. The molecule has 0 aromatic rings. The highest BCUT2D eigenvalue weighted by molar-refractivity contribution is 5.78. The molecular formula is C8H13NO3. The summed E-state index contributed by atoms with van der Waals surface area (Å²) in [5, 5.41) is 8.75. The summed E-state index contributed by atoms with van der Waals surface area (Å²) < 4.78 is 0. The van der Waals surface area contributed by atoms with Gasteiger partial charge in [0.25, 0.3) is 0 Å². The number of carboxylic acid groups (broad SMARTS) is 1. The molecule has 1 rings (SSSR count). The van der Waals surface area contributed by atoms with Crippen LogP contribution in [0.15, 0.2) is 0 Å². The van der Waals surface area contributed by atoms with E-state index >= 15 is 0 Å². The van der Waals surface area contributed by atoms with Crippen LogP contribution >= 0.6 is 0 Å². The van der Waals surface area contributed by atoms with Gasteiger partial charge in [0.15, 0.2) is 0 Å². The average Bonchev–Trinajstić information content (AvgIpc) is 2.68. The van der Waals surface area contributed by atoms with Crippen LogP contribution in [0, 0.1) is 5.41 Å². The van der Waals surface area contributed by atoms with E-state index in [-0.39, 0.29) is 5.91 Å². The third-order valence-corrected chi connectivity index (χ3v) is 2.39. The Labute approximate surface area is 70.7 Å². The molecule has 0 bridgehead atoms. The number of carbonyl (C=O) groups is 2. The molecule has 0 spiro atoms. The molecule has 0 heterocycles. The lowest BCUT2D eigenvalue weighted by Crippen LogP contribution is -2.16. The fraction of sp³-hybridized carbons (Fsp3) is 0.750. The van der Waals surface area contributed by atoms with E-state index in [1.807, 2.05) is 0 Å². The van der Waals surface area contributed by atoms with E-state index in [4.69, 9.17) is 10.8 Å². The van der Waals surface area contributed by atoms with Gasteiger partial charge in [-0.25, -0.2) is 0 Å². The molecule has 0 saturated heterocycles. The lowest BCUT2D eigenvalue weighted by atomic mass is 9.99. The zero-order valence-electron chi connectivity index (χ0n) is 6.88. The number of primary amides is 1. The first-order chi connectivity index (χ1) is 5.57. The van der Waals surface area contributed by atoms with Crippen molar-refractivity contribution in [2.75, 3.05) is 0 Å². The van der Waals surface area contributed by atoms with Gasteiger partial charge in [0, 0.05) is 6.42 Å². The van der Waals surface area contributed by atoms with Crippen LogP contribution in [0.5, 0.6) is 0 Å². The van der Waals surface area contributed by atoms with Crippen LogP contribution in [-0.2, 0) is 9.59 Å². The maximum Gasteiger partial charge on any atom is 0.309 e. The minimum Gasteiger partial charge on any atom is -0.481 e. The van der Waals surface area contributed by atoms with Gasteiger partial charge in [-0.1, -0.05) is 0 Å². The Bertz CT molecular complexity index is 208. The predicted molar refractivity (Wildman–Crippen MR) is 42.3 cm³/mol.